The number of rotatable bonds is 4. The number of ether oxygens (including phenoxy) is 2. The fourth-order valence-corrected chi connectivity index (χ4v) is 3.47. The Morgan fingerprint density at radius 2 is 1.92 bits per heavy atom. The zero-order valence-corrected chi connectivity index (χ0v) is 14.0. The number of fused-ring (bicyclic) bond motifs is 1. The standard InChI is InChI=1S/C20H20N2O3/c1-13-16(20(21)23)10-17(15-5-3-2-4-6-15)22(13)11-14-7-8-18-19(9-14)25-12-24-18/h2-10,13,16H,11-12H2,1H3,(H2,21,23). The van der Waals surface area contributed by atoms with Crippen LogP contribution in [-0.2, 0) is 11.3 Å². The Bertz CT molecular complexity index is 832. The first kappa shape index (κ1) is 15.6. The van der Waals surface area contributed by atoms with Gasteiger partial charge in [0.2, 0.25) is 12.7 Å². The Kier molecular flexibility index (Phi) is 3.84. The van der Waals surface area contributed by atoms with Crippen molar-refractivity contribution in [3.8, 4) is 11.5 Å². The lowest BCUT2D eigenvalue weighted by atomic mass is 10.0. The highest BCUT2D eigenvalue weighted by Gasteiger charge is 2.35. The summed E-state index contributed by atoms with van der Waals surface area (Å²) in [7, 11) is 0. The van der Waals surface area contributed by atoms with Crippen molar-refractivity contribution in [2.24, 2.45) is 11.7 Å². The van der Waals surface area contributed by atoms with Gasteiger partial charge in [-0.05, 0) is 36.3 Å². The summed E-state index contributed by atoms with van der Waals surface area (Å²) in [5.74, 6) is 0.937. The molecule has 128 valence electrons. The number of carbonyl (C=O) groups is 1. The predicted octanol–water partition coefficient (Wildman–Crippen LogP) is 2.76. The van der Waals surface area contributed by atoms with E-state index in [2.05, 4.69) is 17.0 Å². The quantitative estimate of drug-likeness (QED) is 0.932. The maximum absolute atomic E-state index is 11.9. The van der Waals surface area contributed by atoms with Gasteiger partial charge in [0.15, 0.2) is 11.5 Å². The van der Waals surface area contributed by atoms with Crippen LogP contribution >= 0.6 is 0 Å². The fourth-order valence-electron chi connectivity index (χ4n) is 3.47. The minimum Gasteiger partial charge on any atom is -0.454 e. The van der Waals surface area contributed by atoms with Gasteiger partial charge < -0.3 is 20.1 Å². The van der Waals surface area contributed by atoms with Gasteiger partial charge in [0, 0.05) is 18.3 Å². The molecule has 2 aliphatic rings. The molecule has 0 radical (unpaired) electrons. The molecule has 0 saturated carbocycles. The topological polar surface area (TPSA) is 64.8 Å². The van der Waals surface area contributed by atoms with E-state index in [1.165, 1.54) is 0 Å². The molecule has 25 heavy (non-hydrogen) atoms. The van der Waals surface area contributed by atoms with Crippen LogP contribution in [0.1, 0.15) is 18.1 Å². The van der Waals surface area contributed by atoms with Crippen LogP contribution in [0.3, 0.4) is 0 Å². The molecular weight excluding hydrogens is 316 g/mol. The van der Waals surface area contributed by atoms with E-state index in [1.807, 2.05) is 49.4 Å². The highest BCUT2D eigenvalue weighted by Crippen LogP contribution is 2.37. The number of hydrogen-bond acceptors (Lipinski definition) is 4. The number of nitrogens with zero attached hydrogens (tertiary/aromatic N) is 1. The van der Waals surface area contributed by atoms with Crippen LogP contribution < -0.4 is 15.2 Å². The molecule has 2 atom stereocenters. The van der Waals surface area contributed by atoms with E-state index >= 15 is 0 Å². The molecular formula is C20H20N2O3. The van der Waals surface area contributed by atoms with Crippen molar-refractivity contribution in [2.45, 2.75) is 19.5 Å². The van der Waals surface area contributed by atoms with Crippen LogP contribution in [0.4, 0.5) is 0 Å². The van der Waals surface area contributed by atoms with Crippen molar-refractivity contribution in [3.63, 3.8) is 0 Å². The van der Waals surface area contributed by atoms with E-state index in [9.17, 15) is 4.79 Å². The van der Waals surface area contributed by atoms with Crippen LogP contribution in [-0.4, -0.2) is 23.6 Å². The third-order valence-corrected chi connectivity index (χ3v) is 4.85. The highest BCUT2D eigenvalue weighted by molar-refractivity contribution is 5.84. The largest absolute Gasteiger partial charge is 0.454 e. The van der Waals surface area contributed by atoms with E-state index in [4.69, 9.17) is 15.2 Å². The lowest BCUT2D eigenvalue weighted by Crippen LogP contribution is -2.36. The summed E-state index contributed by atoms with van der Waals surface area (Å²) >= 11 is 0. The van der Waals surface area contributed by atoms with E-state index in [0.717, 1.165) is 28.3 Å². The summed E-state index contributed by atoms with van der Waals surface area (Å²) in [5.41, 5.74) is 8.83. The molecule has 4 rings (SSSR count). The monoisotopic (exact) mass is 336 g/mol. The fraction of sp³-hybridized carbons (Fsp3) is 0.250. The molecule has 0 aromatic heterocycles. The molecule has 2 aromatic rings. The van der Waals surface area contributed by atoms with Gasteiger partial charge in [0.05, 0.1) is 5.92 Å². The second-order valence-electron chi connectivity index (χ2n) is 6.40. The molecule has 1 amide bonds. The van der Waals surface area contributed by atoms with E-state index in [0.29, 0.717) is 6.54 Å². The van der Waals surface area contributed by atoms with Crippen molar-refractivity contribution < 1.29 is 14.3 Å². The van der Waals surface area contributed by atoms with Gasteiger partial charge in [-0.2, -0.15) is 0 Å². The number of hydrogen-bond donors (Lipinski definition) is 1. The van der Waals surface area contributed by atoms with E-state index < -0.39 is 0 Å². The average Bonchev–Trinajstić information content (AvgIpc) is 3.21. The summed E-state index contributed by atoms with van der Waals surface area (Å²) in [6.07, 6.45) is 1.98. The lowest BCUT2D eigenvalue weighted by Gasteiger charge is -2.29. The molecule has 2 N–H and O–H groups in total. The van der Waals surface area contributed by atoms with Crippen LogP contribution in [0.2, 0.25) is 0 Å². The Labute approximate surface area is 146 Å². The number of primary amides is 1. The first-order valence-corrected chi connectivity index (χ1v) is 8.35. The van der Waals surface area contributed by atoms with E-state index in [-0.39, 0.29) is 24.7 Å². The molecule has 0 spiro atoms. The molecule has 5 nitrogen and oxygen atoms in total. The van der Waals surface area contributed by atoms with Gasteiger partial charge in [-0.25, -0.2) is 0 Å². The molecule has 0 aliphatic carbocycles. The SMILES string of the molecule is CC1C(C(N)=O)C=C(c2ccccc2)N1Cc1ccc2c(c1)OCO2. The zero-order chi connectivity index (χ0) is 17.4. The average molecular weight is 336 g/mol. The molecule has 0 fully saturated rings. The normalized spacial score (nSPS) is 21.3. The van der Waals surface area contributed by atoms with Crippen LogP contribution in [0.5, 0.6) is 11.5 Å². The molecule has 2 unspecified atom stereocenters. The summed E-state index contributed by atoms with van der Waals surface area (Å²) in [5, 5.41) is 0. The molecule has 2 aromatic carbocycles. The third kappa shape index (κ3) is 2.82. The molecule has 0 saturated heterocycles. The highest BCUT2D eigenvalue weighted by atomic mass is 16.7. The van der Waals surface area contributed by atoms with Gasteiger partial charge in [0.1, 0.15) is 0 Å². The Morgan fingerprint density at radius 3 is 2.68 bits per heavy atom. The van der Waals surface area contributed by atoms with Gasteiger partial charge in [0.25, 0.3) is 0 Å². The van der Waals surface area contributed by atoms with Crippen molar-refractivity contribution in [1.82, 2.24) is 4.90 Å². The second-order valence-corrected chi connectivity index (χ2v) is 6.40. The van der Waals surface area contributed by atoms with Gasteiger partial charge in [-0.1, -0.05) is 36.4 Å². The lowest BCUT2D eigenvalue weighted by molar-refractivity contribution is -0.121. The number of nitrogens with two attached hydrogens (primary N) is 1. The van der Waals surface area contributed by atoms with Gasteiger partial charge in [-0.15, -0.1) is 0 Å². The van der Waals surface area contributed by atoms with Crippen molar-refractivity contribution in [3.05, 3.63) is 65.7 Å². The predicted molar refractivity (Wildman–Crippen MR) is 94.7 cm³/mol. The minimum absolute atomic E-state index is 0.00173. The number of amides is 1. The summed E-state index contributed by atoms with van der Waals surface area (Å²) in [4.78, 5) is 14.1. The van der Waals surface area contributed by atoms with Gasteiger partial charge >= 0.3 is 0 Å². The van der Waals surface area contributed by atoms with Crippen LogP contribution in [0.15, 0.2) is 54.6 Å². The van der Waals surface area contributed by atoms with Gasteiger partial charge in [-0.3, -0.25) is 4.79 Å². The van der Waals surface area contributed by atoms with E-state index in [1.54, 1.807) is 0 Å². The smallest absolute Gasteiger partial charge is 0.231 e. The van der Waals surface area contributed by atoms with Crippen LogP contribution in [0.25, 0.3) is 5.70 Å². The van der Waals surface area contributed by atoms with Crippen LogP contribution in [0, 0.1) is 5.92 Å². The minimum atomic E-state index is -0.302. The maximum Gasteiger partial charge on any atom is 0.231 e. The molecule has 2 aliphatic heterocycles. The first-order valence-electron chi connectivity index (χ1n) is 8.35. The molecule has 2 heterocycles. The first-order chi connectivity index (χ1) is 12.1. The number of benzene rings is 2. The zero-order valence-electron chi connectivity index (χ0n) is 14.0. The van der Waals surface area contributed by atoms with Crippen molar-refractivity contribution >= 4 is 11.6 Å². The summed E-state index contributed by atoms with van der Waals surface area (Å²) in [6.45, 7) is 2.97. The van der Waals surface area contributed by atoms with Crippen molar-refractivity contribution in [1.29, 1.82) is 0 Å². The summed E-state index contributed by atoms with van der Waals surface area (Å²) in [6, 6.07) is 16.0. The molecule has 5 heteroatoms. The van der Waals surface area contributed by atoms with Crippen molar-refractivity contribution in [2.75, 3.05) is 6.79 Å². The molecule has 0 bridgehead atoms. The number of carbonyl (C=O) groups excluding carboxylic acids is 1. The third-order valence-electron chi connectivity index (χ3n) is 4.85. The second kappa shape index (κ2) is 6.16. The summed E-state index contributed by atoms with van der Waals surface area (Å²) < 4.78 is 10.8. The Hall–Kier alpha value is -2.95. The Morgan fingerprint density at radius 1 is 1.16 bits per heavy atom. The Balaban J connectivity index is 1.66. The maximum atomic E-state index is 11.9.